The highest BCUT2D eigenvalue weighted by Gasteiger charge is 2.22. The first-order valence-electron chi connectivity index (χ1n) is 5.17. The van der Waals surface area contributed by atoms with Gasteiger partial charge in [0.25, 0.3) is 0 Å². The number of nitrogens with zero attached hydrogens (tertiary/aromatic N) is 3. The maximum Gasteiger partial charge on any atom is 0.0659 e. The summed E-state index contributed by atoms with van der Waals surface area (Å²) in [4.78, 5) is 0. The molecule has 0 bridgehead atoms. The van der Waals surface area contributed by atoms with Crippen LogP contribution >= 0.6 is 0 Å². The fraction of sp³-hybridized carbons (Fsp3) is 0.636. The maximum atomic E-state index is 8.86. The smallest absolute Gasteiger partial charge is 0.0659 e. The van der Waals surface area contributed by atoms with Gasteiger partial charge in [-0.05, 0) is 38.7 Å². The number of nitriles is 1. The van der Waals surface area contributed by atoms with E-state index in [-0.39, 0.29) is 5.92 Å². The molecule has 0 aliphatic heterocycles. The standard InChI is InChI=1S/C11H15N3/c1-8(2)14-11-4-3-9(6-12)5-10(11)7-13-14/h7-9H,3-5H2,1-2H3. The summed E-state index contributed by atoms with van der Waals surface area (Å²) in [5.74, 6) is 0.201. The zero-order valence-corrected chi connectivity index (χ0v) is 8.70. The molecule has 74 valence electrons. The van der Waals surface area contributed by atoms with E-state index < -0.39 is 0 Å². The summed E-state index contributed by atoms with van der Waals surface area (Å²) in [7, 11) is 0. The molecule has 0 fully saturated rings. The van der Waals surface area contributed by atoms with Gasteiger partial charge in [-0.2, -0.15) is 10.4 Å². The Labute approximate surface area is 84.3 Å². The molecule has 1 aromatic heterocycles. The molecule has 1 unspecified atom stereocenters. The Morgan fingerprint density at radius 1 is 1.64 bits per heavy atom. The SMILES string of the molecule is CC(C)n1ncc2c1CCC(C#N)C2. The van der Waals surface area contributed by atoms with Gasteiger partial charge in [0.05, 0.1) is 18.2 Å². The molecule has 3 nitrogen and oxygen atoms in total. The maximum absolute atomic E-state index is 8.86. The summed E-state index contributed by atoms with van der Waals surface area (Å²) in [6.07, 6.45) is 4.81. The van der Waals surface area contributed by atoms with Crippen LogP contribution in [0.5, 0.6) is 0 Å². The van der Waals surface area contributed by atoms with Gasteiger partial charge in [0.1, 0.15) is 0 Å². The van der Waals surface area contributed by atoms with E-state index in [1.165, 1.54) is 11.3 Å². The molecule has 14 heavy (non-hydrogen) atoms. The Morgan fingerprint density at radius 2 is 2.43 bits per heavy atom. The van der Waals surface area contributed by atoms with E-state index in [9.17, 15) is 0 Å². The van der Waals surface area contributed by atoms with Crippen molar-refractivity contribution in [1.82, 2.24) is 9.78 Å². The van der Waals surface area contributed by atoms with Gasteiger partial charge in [-0.1, -0.05) is 0 Å². The van der Waals surface area contributed by atoms with Gasteiger partial charge in [-0.3, -0.25) is 4.68 Å². The van der Waals surface area contributed by atoms with Gasteiger partial charge >= 0.3 is 0 Å². The van der Waals surface area contributed by atoms with Crippen molar-refractivity contribution in [3.05, 3.63) is 17.5 Å². The molecular weight excluding hydrogens is 174 g/mol. The van der Waals surface area contributed by atoms with Crippen LogP contribution in [0.1, 0.15) is 37.6 Å². The number of aromatic nitrogens is 2. The van der Waals surface area contributed by atoms with Gasteiger partial charge in [0.2, 0.25) is 0 Å². The summed E-state index contributed by atoms with van der Waals surface area (Å²) >= 11 is 0. The lowest BCUT2D eigenvalue weighted by Gasteiger charge is -2.19. The first-order chi connectivity index (χ1) is 6.72. The van der Waals surface area contributed by atoms with Crippen LogP contribution in [-0.4, -0.2) is 9.78 Å². The van der Waals surface area contributed by atoms with Gasteiger partial charge in [-0.15, -0.1) is 0 Å². The average Bonchev–Trinajstić information content (AvgIpc) is 2.59. The molecule has 2 rings (SSSR count). The van der Waals surface area contributed by atoms with Crippen molar-refractivity contribution in [2.24, 2.45) is 5.92 Å². The summed E-state index contributed by atoms with van der Waals surface area (Å²) < 4.78 is 2.09. The van der Waals surface area contributed by atoms with Crippen molar-refractivity contribution in [2.75, 3.05) is 0 Å². The second-order valence-electron chi connectivity index (χ2n) is 4.22. The minimum Gasteiger partial charge on any atom is -0.267 e. The Morgan fingerprint density at radius 3 is 3.07 bits per heavy atom. The van der Waals surface area contributed by atoms with Crippen LogP contribution in [0.15, 0.2) is 6.20 Å². The van der Waals surface area contributed by atoms with Crippen molar-refractivity contribution < 1.29 is 0 Å². The Hall–Kier alpha value is -1.30. The van der Waals surface area contributed by atoms with Crippen molar-refractivity contribution >= 4 is 0 Å². The average molecular weight is 189 g/mol. The van der Waals surface area contributed by atoms with Gasteiger partial charge in [0.15, 0.2) is 0 Å². The molecule has 0 N–H and O–H groups in total. The van der Waals surface area contributed by atoms with E-state index in [1.807, 2.05) is 6.20 Å². The lowest BCUT2D eigenvalue weighted by Crippen LogP contribution is -2.16. The highest BCUT2D eigenvalue weighted by atomic mass is 15.3. The molecule has 1 atom stereocenters. The first kappa shape index (κ1) is 9.26. The third-order valence-corrected chi connectivity index (χ3v) is 2.85. The van der Waals surface area contributed by atoms with Crippen molar-refractivity contribution in [3.8, 4) is 6.07 Å². The minimum atomic E-state index is 0.201. The largest absolute Gasteiger partial charge is 0.267 e. The van der Waals surface area contributed by atoms with E-state index in [0.717, 1.165) is 19.3 Å². The van der Waals surface area contributed by atoms with Gasteiger partial charge < -0.3 is 0 Å². The summed E-state index contributed by atoms with van der Waals surface area (Å²) in [6.45, 7) is 4.29. The monoisotopic (exact) mass is 189 g/mol. The number of fused-ring (bicyclic) bond motifs is 1. The lowest BCUT2D eigenvalue weighted by molar-refractivity contribution is 0.476. The quantitative estimate of drug-likeness (QED) is 0.678. The summed E-state index contributed by atoms with van der Waals surface area (Å²) in [5.41, 5.74) is 2.61. The second kappa shape index (κ2) is 3.45. The normalized spacial score (nSPS) is 20.6. The van der Waals surface area contributed by atoms with Crippen LogP contribution in [0.4, 0.5) is 0 Å². The van der Waals surface area contributed by atoms with Crippen molar-refractivity contribution in [3.63, 3.8) is 0 Å². The van der Waals surface area contributed by atoms with Crippen LogP contribution < -0.4 is 0 Å². The van der Waals surface area contributed by atoms with Crippen molar-refractivity contribution in [2.45, 2.75) is 39.2 Å². The molecule has 1 heterocycles. The molecule has 0 saturated heterocycles. The molecule has 0 amide bonds. The molecule has 1 aromatic rings. The number of rotatable bonds is 1. The van der Waals surface area contributed by atoms with Crippen LogP contribution in [0, 0.1) is 17.2 Å². The lowest BCUT2D eigenvalue weighted by atomic mass is 9.89. The minimum absolute atomic E-state index is 0.201. The van der Waals surface area contributed by atoms with E-state index in [1.54, 1.807) is 0 Å². The molecule has 1 aliphatic carbocycles. The summed E-state index contributed by atoms with van der Waals surface area (Å²) in [6, 6.07) is 2.77. The third kappa shape index (κ3) is 1.41. The molecule has 0 aromatic carbocycles. The van der Waals surface area contributed by atoms with E-state index in [2.05, 4.69) is 29.7 Å². The number of hydrogen-bond acceptors (Lipinski definition) is 2. The molecule has 0 saturated carbocycles. The predicted octanol–water partition coefficient (Wildman–Crippen LogP) is 2.09. The van der Waals surface area contributed by atoms with Crippen molar-refractivity contribution in [1.29, 1.82) is 5.26 Å². The highest BCUT2D eigenvalue weighted by Crippen LogP contribution is 2.26. The van der Waals surface area contributed by atoms with E-state index >= 15 is 0 Å². The highest BCUT2D eigenvalue weighted by molar-refractivity contribution is 5.23. The summed E-state index contributed by atoms with van der Waals surface area (Å²) in [5, 5.41) is 13.2. The first-order valence-corrected chi connectivity index (χ1v) is 5.17. The van der Waals surface area contributed by atoms with E-state index in [4.69, 9.17) is 5.26 Å². The molecule has 0 radical (unpaired) electrons. The Bertz CT molecular complexity index is 370. The Kier molecular flexibility index (Phi) is 2.28. The zero-order valence-electron chi connectivity index (χ0n) is 8.70. The molecule has 3 heteroatoms. The fourth-order valence-corrected chi connectivity index (χ4v) is 2.10. The third-order valence-electron chi connectivity index (χ3n) is 2.85. The van der Waals surface area contributed by atoms with Gasteiger partial charge in [-0.25, -0.2) is 0 Å². The fourth-order valence-electron chi connectivity index (χ4n) is 2.10. The molecule has 1 aliphatic rings. The molecular formula is C11H15N3. The van der Waals surface area contributed by atoms with E-state index in [0.29, 0.717) is 6.04 Å². The second-order valence-corrected chi connectivity index (χ2v) is 4.22. The predicted molar refractivity (Wildman–Crippen MR) is 53.7 cm³/mol. The topological polar surface area (TPSA) is 41.6 Å². The zero-order chi connectivity index (χ0) is 10.1. The molecule has 0 spiro atoms. The van der Waals surface area contributed by atoms with Crippen LogP contribution in [0.2, 0.25) is 0 Å². The van der Waals surface area contributed by atoms with Gasteiger partial charge in [0, 0.05) is 11.7 Å². The Balaban J connectivity index is 2.30. The number of hydrogen-bond donors (Lipinski definition) is 0. The van der Waals surface area contributed by atoms with Crippen LogP contribution in [0.3, 0.4) is 0 Å². The van der Waals surface area contributed by atoms with Crippen LogP contribution in [0.25, 0.3) is 0 Å². The van der Waals surface area contributed by atoms with Crippen LogP contribution in [-0.2, 0) is 12.8 Å².